The highest BCUT2D eigenvalue weighted by molar-refractivity contribution is 7.90. The van der Waals surface area contributed by atoms with Crippen LogP contribution in [-0.2, 0) is 10.0 Å². The first kappa shape index (κ1) is 22.1. The fourth-order valence-electron chi connectivity index (χ4n) is 4.13. The number of aliphatic hydroxyl groups is 1. The lowest BCUT2D eigenvalue weighted by molar-refractivity contribution is 0.0946. The summed E-state index contributed by atoms with van der Waals surface area (Å²) in [4.78, 5) is 4.06. The lowest BCUT2D eigenvalue weighted by atomic mass is 10.0. The van der Waals surface area contributed by atoms with E-state index in [1.54, 1.807) is 0 Å². The van der Waals surface area contributed by atoms with Crippen molar-refractivity contribution >= 4 is 21.5 Å². The number of aromatic nitrogens is 3. The van der Waals surface area contributed by atoms with E-state index in [-0.39, 0.29) is 41.1 Å². The zero-order valence-electron chi connectivity index (χ0n) is 17.7. The third kappa shape index (κ3) is 3.85. The van der Waals surface area contributed by atoms with Crippen LogP contribution in [0.5, 0.6) is 0 Å². The van der Waals surface area contributed by atoms with Gasteiger partial charge in [0.05, 0.1) is 34.8 Å². The Morgan fingerprint density at radius 2 is 1.91 bits per heavy atom. The van der Waals surface area contributed by atoms with Gasteiger partial charge < -0.3 is 10.4 Å². The van der Waals surface area contributed by atoms with Gasteiger partial charge in [-0.25, -0.2) is 31.1 Å². The number of nitrogens with zero attached hydrogens (tertiary/aromatic N) is 4. The Hall–Kier alpha value is -2.70. The molecule has 2 fully saturated rings. The van der Waals surface area contributed by atoms with E-state index >= 15 is 0 Å². The first-order valence-corrected chi connectivity index (χ1v) is 12.1. The number of aliphatic hydroxyl groups excluding tert-OH is 1. The van der Waals surface area contributed by atoms with E-state index in [1.807, 2.05) is 0 Å². The largest absolute Gasteiger partial charge is 0.390 e. The van der Waals surface area contributed by atoms with Gasteiger partial charge in [-0.3, -0.25) is 0 Å². The number of anilines is 1. The minimum atomic E-state index is -3.39. The van der Waals surface area contributed by atoms with Crippen molar-refractivity contribution in [3.05, 3.63) is 47.4 Å². The first-order chi connectivity index (χ1) is 15.7. The van der Waals surface area contributed by atoms with E-state index in [2.05, 4.69) is 15.4 Å². The summed E-state index contributed by atoms with van der Waals surface area (Å²) < 4.78 is 70.8. The van der Waals surface area contributed by atoms with Gasteiger partial charge in [-0.2, -0.15) is 4.31 Å². The SMILES string of the molecule is Cc1ccc(F)c(-c2cc(F)c3cnc(N[C@@H]4CCN(S(=O)(=O)C5CC5)C[C@H]4O)nn23)c1F. The molecular formula is C21H22F3N5O3S. The Bertz CT molecular complexity index is 1340. The van der Waals surface area contributed by atoms with E-state index in [0.29, 0.717) is 19.3 Å². The average molecular weight is 482 g/mol. The molecule has 2 N–H and O–H groups in total. The minimum absolute atomic E-state index is 0.00960. The summed E-state index contributed by atoms with van der Waals surface area (Å²) in [6, 6.07) is 2.83. The van der Waals surface area contributed by atoms with Crippen molar-refractivity contribution in [3.63, 3.8) is 0 Å². The van der Waals surface area contributed by atoms with Gasteiger partial charge in [-0.05, 0) is 37.8 Å². The van der Waals surface area contributed by atoms with Crippen LogP contribution >= 0.6 is 0 Å². The van der Waals surface area contributed by atoms with Crippen LogP contribution in [0, 0.1) is 24.4 Å². The molecule has 0 radical (unpaired) electrons. The summed E-state index contributed by atoms with van der Waals surface area (Å²) in [7, 11) is -3.39. The summed E-state index contributed by atoms with van der Waals surface area (Å²) in [6.45, 7) is 1.66. The number of sulfonamides is 1. The van der Waals surface area contributed by atoms with E-state index in [9.17, 15) is 26.7 Å². The molecule has 1 aromatic carbocycles. The van der Waals surface area contributed by atoms with E-state index in [1.165, 1.54) is 23.5 Å². The zero-order chi connectivity index (χ0) is 23.5. The van der Waals surface area contributed by atoms with Crippen molar-refractivity contribution in [2.45, 2.75) is 43.6 Å². The second kappa shape index (κ2) is 7.96. The number of hydrogen-bond acceptors (Lipinski definition) is 6. The molecule has 8 nitrogen and oxygen atoms in total. The standard InChI is InChI=1S/C21H22F3N5O3S/c1-11-2-5-13(22)19(20(11)24)16-8-14(23)17-9-25-21(27-29(16)17)26-15-6-7-28(10-18(15)30)33(31,32)12-3-4-12/h2,5,8-9,12,15,18,30H,3-4,6-7,10H2,1H3,(H,26,27)/t15-,18-/m1/s1. The number of benzene rings is 1. The molecule has 3 heterocycles. The van der Waals surface area contributed by atoms with Crippen molar-refractivity contribution in [2.75, 3.05) is 18.4 Å². The van der Waals surface area contributed by atoms with E-state index in [4.69, 9.17) is 0 Å². The monoisotopic (exact) mass is 481 g/mol. The van der Waals surface area contributed by atoms with Crippen LogP contribution in [0.1, 0.15) is 24.8 Å². The van der Waals surface area contributed by atoms with Crippen molar-refractivity contribution in [1.82, 2.24) is 18.9 Å². The summed E-state index contributed by atoms with van der Waals surface area (Å²) in [5.74, 6) is -2.40. The summed E-state index contributed by atoms with van der Waals surface area (Å²) in [5.41, 5.74) is -0.387. The Kier molecular flexibility index (Phi) is 5.33. The molecule has 1 aliphatic heterocycles. The highest BCUT2D eigenvalue weighted by Gasteiger charge is 2.43. The van der Waals surface area contributed by atoms with Gasteiger partial charge in [-0.15, -0.1) is 5.10 Å². The highest BCUT2D eigenvalue weighted by Crippen LogP contribution is 2.33. The fourth-order valence-corrected chi connectivity index (χ4v) is 6.01. The van der Waals surface area contributed by atoms with Crippen LogP contribution in [0.15, 0.2) is 24.4 Å². The fraction of sp³-hybridized carbons (Fsp3) is 0.429. The normalized spacial score (nSPS) is 22.1. The Morgan fingerprint density at radius 1 is 1.15 bits per heavy atom. The maximum atomic E-state index is 14.7. The molecule has 0 spiro atoms. The molecule has 176 valence electrons. The maximum absolute atomic E-state index is 14.7. The molecule has 5 rings (SSSR count). The van der Waals surface area contributed by atoms with Crippen molar-refractivity contribution in [3.8, 4) is 11.3 Å². The predicted molar refractivity (Wildman–Crippen MR) is 115 cm³/mol. The van der Waals surface area contributed by atoms with Gasteiger partial charge in [0, 0.05) is 19.2 Å². The quantitative estimate of drug-likeness (QED) is 0.581. The van der Waals surface area contributed by atoms with Gasteiger partial charge >= 0.3 is 0 Å². The number of hydrogen-bond donors (Lipinski definition) is 2. The van der Waals surface area contributed by atoms with Crippen LogP contribution in [0.4, 0.5) is 19.1 Å². The van der Waals surface area contributed by atoms with E-state index in [0.717, 1.165) is 16.6 Å². The van der Waals surface area contributed by atoms with Crippen LogP contribution in [-0.4, -0.2) is 62.9 Å². The molecule has 3 aromatic rings. The number of fused-ring (bicyclic) bond motifs is 1. The Balaban J connectivity index is 1.43. The molecule has 2 aliphatic rings. The van der Waals surface area contributed by atoms with Crippen LogP contribution in [0.25, 0.3) is 16.8 Å². The van der Waals surface area contributed by atoms with Crippen molar-refractivity contribution < 1.29 is 26.7 Å². The molecule has 1 saturated carbocycles. The number of rotatable bonds is 5. The second-order valence-corrected chi connectivity index (χ2v) is 10.7. The van der Waals surface area contributed by atoms with Gasteiger partial charge in [0.25, 0.3) is 0 Å². The third-order valence-electron chi connectivity index (χ3n) is 6.17. The number of piperidine rings is 1. The lowest BCUT2D eigenvalue weighted by Gasteiger charge is -2.35. The Labute approximate surface area is 188 Å². The highest BCUT2D eigenvalue weighted by atomic mass is 32.2. The number of aryl methyl sites for hydroxylation is 1. The van der Waals surface area contributed by atoms with Crippen LogP contribution < -0.4 is 5.32 Å². The third-order valence-corrected chi connectivity index (χ3v) is 8.54. The lowest BCUT2D eigenvalue weighted by Crippen LogP contribution is -2.52. The van der Waals surface area contributed by atoms with Crippen molar-refractivity contribution in [1.29, 1.82) is 0 Å². The smallest absolute Gasteiger partial charge is 0.241 e. The first-order valence-electron chi connectivity index (χ1n) is 10.6. The molecule has 33 heavy (non-hydrogen) atoms. The van der Waals surface area contributed by atoms with Gasteiger partial charge in [0.15, 0.2) is 5.82 Å². The molecule has 12 heteroatoms. The van der Waals surface area contributed by atoms with Gasteiger partial charge in [0.2, 0.25) is 16.0 Å². The van der Waals surface area contributed by atoms with Gasteiger partial charge in [-0.1, -0.05) is 6.07 Å². The summed E-state index contributed by atoms with van der Waals surface area (Å²) in [6.07, 6.45) is 1.76. The molecule has 0 bridgehead atoms. The molecule has 0 amide bonds. The number of nitrogens with one attached hydrogen (secondary N) is 1. The topological polar surface area (TPSA) is 99.8 Å². The number of halogens is 3. The molecule has 2 atom stereocenters. The number of β-amino-alcohol motifs (C(OH)–C–C–N with tert-alkyl or cyclic N) is 1. The van der Waals surface area contributed by atoms with Gasteiger partial charge in [0.1, 0.15) is 17.2 Å². The predicted octanol–water partition coefficient (Wildman–Crippen LogP) is 2.46. The molecule has 1 aliphatic carbocycles. The van der Waals surface area contributed by atoms with E-state index < -0.39 is 45.2 Å². The van der Waals surface area contributed by atoms with Crippen LogP contribution in [0.3, 0.4) is 0 Å². The second-order valence-electron chi connectivity index (χ2n) is 8.52. The maximum Gasteiger partial charge on any atom is 0.241 e. The molecule has 1 saturated heterocycles. The molecule has 0 unspecified atom stereocenters. The van der Waals surface area contributed by atoms with Crippen molar-refractivity contribution in [2.24, 2.45) is 0 Å². The Morgan fingerprint density at radius 3 is 2.61 bits per heavy atom. The summed E-state index contributed by atoms with van der Waals surface area (Å²) in [5, 5.41) is 17.3. The molecule has 2 aromatic heterocycles. The minimum Gasteiger partial charge on any atom is -0.390 e. The zero-order valence-corrected chi connectivity index (χ0v) is 18.5. The average Bonchev–Trinajstić information content (AvgIpc) is 3.59. The summed E-state index contributed by atoms with van der Waals surface area (Å²) >= 11 is 0. The van der Waals surface area contributed by atoms with Crippen LogP contribution in [0.2, 0.25) is 0 Å². The molecular weight excluding hydrogens is 459 g/mol.